The maximum Gasteiger partial charge on any atom is 0.336 e. The number of halogens is 2. The summed E-state index contributed by atoms with van der Waals surface area (Å²) in [5, 5.41) is 12.5. The van der Waals surface area contributed by atoms with E-state index in [1.165, 1.54) is 19.4 Å². The van der Waals surface area contributed by atoms with Gasteiger partial charge in [-0.2, -0.15) is 0 Å². The molecule has 1 saturated heterocycles. The van der Waals surface area contributed by atoms with Crippen molar-refractivity contribution in [1.29, 1.82) is 0 Å². The monoisotopic (exact) mass is 334 g/mol. The second-order valence-corrected chi connectivity index (χ2v) is 5.02. The number of aromatic carboxylic acids is 1. The van der Waals surface area contributed by atoms with Crippen LogP contribution in [0.3, 0.4) is 0 Å². The van der Waals surface area contributed by atoms with Crippen LogP contribution in [0, 0.1) is 0 Å². The molecule has 0 radical (unpaired) electrons. The van der Waals surface area contributed by atoms with Crippen molar-refractivity contribution in [2.75, 3.05) is 19.6 Å². The van der Waals surface area contributed by atoms with Crippen LogP contribution in [0.5, 0.6) is 0 Å². The number of rotatable bonds is 6. The molecule has 0 aliphatic carbocycles. The van der Waals surface area contributed by atoms with Crippen molar-refractivity contribution in [3.63, 3.8) is 0 Å². The number of hydrogen-bond donors (Lipinski definition) is 2. The minimum atomic E-state index is -0.853. The summed E-state index contributed by atoms with van der Waals surface area (Å²) >= 11 is 0. The van der Waals surface area contributed by atoms with E-state index in [2.05, 4.69) is 17.1 Å². The zero-order valence-corrected chi connectivity index (χ0v) is 13.9. The van der Waals surface area contributed by atoms with Crippen molar-refractivity contribution in [2.24, 2.45) is 0 Å². The van der Waals surface area contributed by atoms with Gasteiger partial charge in [-0.3, -0.25) is 4.90 Å². The molecule has 1 heterocycles. The van der Waals surface area contributed by atoms with Gasteiger partial charge in [0.2, 0.25) is 0 Å². The molecule has 0 spiro atoms. The number of hydrogen-bond acceptors (Lipinski definition) is 3. The van der Waals surface area contributed by atoms with Gasteiger partial charge in [-0.1, -0.05) is 25.1 Å². The fourth-order valence-corrected chi connectivity index (χ4v) is 2.80. The first kappa shape index (κ1) is 20.2. The molecule has 0 bridgehead atoms. The molecule has 2 rings (SSSR count). The number of carboxylic acids is 1. The Balaban J connectivity index is 0.00000200. The molecule has 1 atom stereocenters. The Hall–Kier alpha value is -0.810. The Morgan fingerprint density at radius 3 is 2.76 bits per heavy atom. The number of carbonyl (C=O) groups is 1. The third-order valence-electron chi connectivity index (χ3n) is 3.85. The summed E-state index contributed by atoms with van der Waals surface area (Å²) in [4.78, 5) is 13.6. The molecular formula is C15H24Cl2N2O2. The minimum absolute atomic E-state index is 0. The predicted molar refractivity (Wildman–Crippen MR) is 89.9 cm³/mol. The van der Waals surface area contributed by atoms with Crippen LogP contribution in [0.15, 0.2) is 24.3 Å². The Labute approximate surface area is 138 Å². The van der Waals surface area contributed by atoms with Crippen molar-refractivity contribution < 1.29 is 9.90 Å². The molecule has 120 valence electrons. The van der Waals surface area contributed by atoms with Crippen molar-refractivity contribution >= 4 is 30.8 Å². The second kappa shape index (κ2) is 10.0. The van der Waals surface area contributed by atoms with E-state index in [1.807, 2.05) is 12.1 Å². The zero-order valence-electron chi connectivity index (χ0n) is 12.2. The summed E-state index contributed by atoms with van der Waals surface area (Å²) in [5.74, 6) is -0.853. The van der Waals surface area contributed by atoms with Crippen LogP contribution >= 0.6 is 24.8 Å². The molecule has 1 aromatic carbocycles. The Kier molecular flexibility index (Phi) is 9.62. The molecule has 21 heavy (non-hydrogen) atoms. The number of benzene rings is 1. The van der Waals surface area contributed by atoms with Gasteiger partial charge in [-0.15, -0.1) is 24.8 Å². The van der Waals surface area contributed by atoms with Crippen LogP contribution in [-0.4, -0.2) is 41.7 Å². The van der Waals surface area contributed by atoms with E-state index < -0.39 is 5.97 Å². The number of nitrogens with one attached hydrogen (secondary N) is 1. The van der Waals surface area contributed by atoms with Gasteiger partial charge >= 0.3 is 5.97 Å². The fourth-order valence-electron chi connectivity index (χ4n) is 2.80. The molecule has 1 fully saturated rings. The lowest BCUT2D eigenvalue weighted by atomic mass is 10.1. The second-order valence-electron chi connectivity index (χ2n) is 5.02. The van der Waals surface area contributed by atoms with E-state index in [0.29, 0.717) is 18.2 Å². The molecule has 2 N–H and O–H groups in total. The molecule has 0 aromatic heterocycles. The van der Waals surface area contributed by atoms with E-state index in [0.717, 1.165) is 18.7 Å². The quantitative estimate of drug-likeness (QED) is 0.839. The Morgan fingerprint density at radius 1 is 1.38 bits per heavy atom. The van der Waals surface area contributed by atoms with E-state index in [-0.39, 0.29) is 24.8 Å². The van der Waals surface area contributed by atoms with E-state index in [1.54, 1.807) is 12.1 Å². The van der Waals surface area contributed by atoms with Crippen LogP contribution in [0.4, 0.5) is 0 Å². The van der Waals surface area contributed by atoms with E-state index in [4.69, 9.17) is 5.11 Å². The van der Waals surface area contributed by atoms with E-state index in [9.17, 15) is 4.79 Å². The van der Waals surface area contributed by atoms with Crippen molar-refractivity contribution in [3.8, 4) is 0 Å². The first-order valence-electron chi connectivity index (χ1n) is 6.98. The summed E-state index contributed by atoms with van der Waals surface area (Å²) in [6.07, 6.45) is 2.51. The van der Waals surface area contributed by atoms with Gasteiger partial charge in [0.05, 0.1) is 5.56 Å². The standard InChI is InChI=1S/C15H22N2O2.2ClH/c1-2-17-9-5-7-13(17)11-16-10-12-6-3-4-8-14(12)15(18)19;;/h3-4,6,8,13,16H,2,5,7,9-11H2,1H3,(H,18,19);2*1H. The summed E-state index contributed by atoms with van der Waals surface area (Å²) in [7, 11) is 0. The third kappa shape index (κ3) is 5.47. The van der Waals surface area contributed by atoms with Gasteiger partial charge in [-0.05, 0) is 37.6 Å². The lowest BCUT2D eigenvalue weighted by Crippen LogP contribution is -2.37. The van der Waals surface area contributed by atoms with Crippen molar-refractivity contribution in [3.05, 3.63) is 35.4 Å². The predicted octanol–water partition coefficient (Wildman–Crippen LogP) is 2.80. The van der Waals surface area contributed by atoms with Crippen LogP contribution in [0.2, 0.25) is 0 Å². The van der Waals surface area contributed by atoms with Crippen LogP contribution in [0.25, 0.3) is 0 Å². The number of carboxylic acid groups (broad SMARTS) is 1. The molecule has 1 unspecified atom stereocenters. The molecule has 4 nitrogen and oxygen atoms in total. The summed E-state index contributed by atoms with van der Waals surface area (Å²) < 4.78 is 0. The Morgan fingerprint density at radius 2 is 2.10 bits per heavy atom. The molecule has 0 amide bonds. The molecule has 6 heteroatoms. The Bertz CT molecular complexity index is 443. The first-order chi connectivity index (χ1) is 9.22. The fraction of sp³-hybridized carbons (Fsp3) is 0.533. The maximum atomic E-state index is 11.1. The van der Waals surface area contributed by atoms with E-state index >= 15 is 0 Å². The summed E-state index contributed by atoms with van der Waals surface area (Å²) in [6.45, 7) is 6.03. The normalized spacial score (nSPS) is 17.9. The highest BCUT2D eigenvalue weighted by Crippen LogP contribution is 2.16. The average Bonchev–Trinajstić information content (AvgIpc) is 2.86. The highest BCUT2D eigenvalue weighted by Gasteiger charge is 2.22. The molecule has 1 aromatic rings. The van der Waals surface area contributed by atoms with Gasteiger partial charge in [0, 0.05) is 19.1 Å². The molecule has 1 aliphatic heterocycles. The number of likely N-dealkylation sites (N-methyl/N-ethyl adjacent to an activating group) is 1. The average molecular weight is 335 g/mol. The van der Waals surface area contributed by atoms with Crippen LogP contribution in [-0.2, 0) is 6.54 Å². The van der Waals surface area contributed by atoms with Crippen molar-refractivity contribution in [2.45, 2.75) is 32.4 Å². The van der Waals surface area contributed by atoms with Gasteiger partial charge in [0.15, 0.2) is 0 Å². The van der Waals surface area contributed by atoms with Crippen LogP contribution in [0.1, 0.15) is 35.7 Å². The van der Waals surface area contributed by atoms with Crippen molar-refractivity contribution in [1.82, 2.24) is 10.2 Å². The molecule has 0 saturated carbocycles. The van der Waals surface area contributed by atoms with Gasteiger partial charge in [-0.25, -0.2) is 4.79 Å². The minimum Gasteiger partial charge on any atom is -0.478 e. The lowest BCUT2D eigenvalue weighted by Gasteiger charge is -2.23. The summed E-state index contributed by atoms with van der Waals surface area (Å²) in [5.41, 5.74) is 1.25. The first-order valence-corrected chi connectivity index (χ1v) is 6.98. The van der Waals surface area contributed by atoms with Gasteiger partial charge < -0.3 is 10.4 Å². The summed E-state index contributed by atoms with van der Waals surface area (Å²) in [6, 6.07) is 7.79. The van der Waals surface area contributed by atoms with Gasteiger partial charge in [0.1, 0.15) is 0 Å². The third-order valence-corrected chi connectivity index (χ3v) is 3.85. The SMILES string of the molecule is CCN1CCCC1CNCc1ccccc1C(=O)O.Cl.Cl. The smallest absolute Gasteiger partial charge is 0.336 e. The maximum absolute atomic E-state index is 11.1. The highest BCUT2D eigenvalue weighted by molar-refractivity contribution is 5.89. The molecular weight excluding hydrogens is 311 g/mol. The largest absolute Gasteiger partial charge is 0.478 e. The zero-order chi connectivity index (χ0) is 13.7. The highest BCUT2D eigenvalue weighted by atomic mass is 35.5. The number of likely N-dealkylation sites (tertiary alicyclic amines) is 1. The van der Waals surface area contributed by atoms with Crippen LogP contribution < -0.4 is 5.32 Å². The lowest BCUT2D eigenvalue weighted by molar-refractivity contribution is 0.0695. The molecule has 1 aliphatic rings. The topological polar surface area (TPSA) is 52.6 Å². The number of nitrogens with zero attached hydrogens (tertiary/aromatic N) is 1. The van der Waals surface area contributed by atoms with Gasteiger partial charge in [0.25, 0.3) is 0 Å².